The van der Waals surface area contributed by atoms with Gasteiger partial charge in [0.05, 0.1) is 17.2 Å². The van der Waals surface area contributed by atoms with E-state index in [1.165, 1.54) is 0 Å². The first-order chi connectivity index (χ1) is 15.5. The van der Waals surface area contributed by atoms with Crippen LogP contribution in [0.2, 0.25) is 5.02 Å². The summed E-state index contributed by atoms with van der Waals surface area (Å²) in [5.74, 6) is 1.19. The first-order valence-corrected chi connectivity index (χ1v) is 11.0. The van der Waals surface area contributed by atoms with Crippen LogP contribution in [0.1, 0.15) is 39.2 Å². The predicted molar refractivity (Wildman–Crippen MR) is 122 cm³/mol. The van der Waals surface area contributed by atoms with Crippen LogP contribution in [-0.4, -0.2) is 37.3 Å². The van der Waals surface area contributed by atoms with E-state index in [2.05, 4.69) is 27.1 Å². The molecule has 0 atom stereocenters. The quantitative estimate of drug-likeness (QED) is 0.256. The number of aromatic nitrogens is 5. The molecule has 0 amide bonds. The molecule has 0 spiro atoms. The lowest BCUT2D eigenvalue weighted by molar-refractivity contribution is -0.107. The van der Waals surface area contributed by atoms with Crippen LogP contribution in [0, 0.1) is 0 Å². The second-order valence-electron chi connectivity index (χ2n) is 7.72. The molecule has 32 heavy (non-hydrogen) atoms. The molecule has 0 N–H and O–H groups in total. The van der Waals surface area contributed by atoms with Gasteiger partial charge in [0, 0.05) is 36.3 Å². The normalized spacial score (nSPS) is 11.4. The maximum Gasteiger partial charge on any atom is 0.259 e. The Bertz CT molecular complexity index is 1250. The number of aldehydes is 1. The van der Waals surface area contributed by atoms with E-state index >= 15 is 0 Å². The van der Waals surface area contributed by atoms with Crippen molar-refractivity contribution in [2.45, 2.75) is 52.7 Å². The highest BCUT2D eigenvalue weighted by molar-refractivity contribution is 6.32. The number of fused-ring (bicyclic) bond motifs is 1. The number of carbonyl (C=O) groups excluding carboxylic acids is 1. The summed E-state index contributed by atoms with van der Waals surface area (Å²) in [7, 11) is 0. The average molecular weight is 454 g/mol. The number of benzene rings is 1. The average Bonchev–Trinajstić information content (AvgIpc) is 3.40. The highest BCUT2D eigenvalue weighted by Gasteiger charge is 2.17. The van der Waals surface area contributed by atoms with E-state index in [-0.39, 0.29) is 6.10 Å². The van der Waals surface area contributed by atoms with Crippen molar-refractivity contribution in [3.8, 4) is 28.7 Å². The van der Waals surface area contributed by atoms with Crippen molar-refractivity contribution < 1.29 is 14.1 Å². The molecule has 1 aromatic carbocycles. The van der Waals surface area contributed by atoms with Crippen molar-refractivity contribution >= 4 is 28.8 Å². The highest BCUT2D eigenvalue weighted by atomic mass is 35.5. The minimum atomic E-state index is -0.0300. The van der Waals surface area contributed by atoms with Gasteiger partial charge in [-0.2, -0.15) is 10.1 Å². The Kier molecular flexibility index (Phi) is 6.50. The summed E-state index contributed by atoms with van der Waals surface area (Å²) >= 11 is 6.30. The first-order valence-electron chi connectivity index (χ1n) is 10.6. The summed E-state index contributed by atoms with van der Waals surface area (Å²) in [6.45, 7) is 6.59. The molecule has 0 unspecified atom stereocenters. The van der Waals surface area contributed by atoms with E-state index in [9.17, 15) is 4.79 Å². The fraction of sp³-hybridized carbons (Fsp3) is 0.348. The number of carbonyl (C=O) groups is 1. The number of ether oxygens (including phenoxy) is 1. The predicted octanol–water partition coefficient (Wildman–Crippen LogP) is 5.13. The summed E-state index contributed by atoms with van der Waals surface area (Å²) in [5.41, 5.74) is 3.48. The molecular formula is C23H24ClN5O3. The van der Waals surface area contributed by atoms with Crippen molar-refractivity contribution in [3.05, 3.63) is 41.2 Å². The molecule has 8 nitrogen and oxygen atoms in total. The molecule has 3 aromatic heterocycles. The lowest BCUT2D eigenvalue weighted by atomic mass is 10.0. The molecular weight excluding hydrogens is 430 g/mol. The zero-order chi connectivity index (χ0) is 22.7. The van der Waals surface area contributed by atoms with Crippen LogP contribution in [0.25, 0.3) is 33.7 Å². The van der Waals surface area contributed by atoms with Gasteiger partial charge in [-0.15, -0.1) is 0 Å². The zero-order valence-corrected chi connectivity index (χ0v) is 19.0. The van der Waals surface area contributed by atoms with Gasteiger partial charge in [0.1, 0.15) is 11.3 Å². The number of nitrogens with zero attached hydrogens (tertiary/aromatic N) is 5. The van der Waals surface area contributed by atoms with Crippen molar-refractivity contribution in [1.82, 2.24) is 24.9 Å². The van der Waals surface area contributed by atoms with Gasteiger partial charge in [0.25, 0.3) is 5.89 Å². The largest absolute Gasteiger partial charge is 0.474 e. The summed E-state index contributed by atoms with van der Waals surface area (Å²) in [6, 6.07) is 5.78. The molecule has 0 saturated carbocycles. The lowest BCUT2D eigenvalue weighted by Crippen LogP contribution is -2.07. The van der Waals surface area contributed by atoms with E-state index in [0.717, 1.165) is 41.2 Å². The smallest absolute Gasteiger partial charge is 0.259 e. The molecule has 0 saturated heterocycles. The molecule has 166 valence electrons. The van der Waals surface area contributed by atoms with Gasteiger partial charge in [0.15, 0.2) is 0 Å². The monoisotopic (exact) mass is 453 g/mol. The molecule has 0 fully saturated rings. The molecule has 9 heteroatoms. The highest BCUT2D eigenvalue weighted by Crippen LogP contribution is 2.31. The maximum atomic E-state index is 10.6. The molecule has 0 aliphatic heterocycles. The second-order valence-corrected chi connectivity index (χ2v) is 8.13. The maximum absolute atomic E-state index is 10.6. The first kappa shape index (κ1) is 22.0. The number of rotatable bonds is 9. The SMILES string of the molecule is CCc1cc2nn(CCCC=O)cc2cc1-c1noc(-c2cnc(OC(C)C)c(Cl)c2)n1. The Morgan fingerprint density at radius 3 is 2.84 bits per heavy atom. The van der Waals surface area contributed by atoms with Crippen LogP contribution >= 0.6 is 11.6 Å². The van der Waals surface area contributed by atoms with Crippen molar-refractivity contribution in [2.75, 3.05) is 0 Å². The molecule has 0 bridgehead atoms. The number of hydrogen-bond acceptors (Lipinski definition) is 7. The van der Waals surface area contributed by atoms with Gasteiger partial charge in [-0.3, -0.25) is 4.68 Å². The second kappa shape index (κ2) is 9.48. The van der Waals surface area contributed by atoms with Gasteiger partial charge < -0.3 is 14.1 Å². The van der Waals surface area contributed by atoms with Gasteiger partial charge in [-0.1, -0.05) is 23.7 Å². The van der Waals surface area contributed by atoms with Gasteiger partial charge in [0.2, 0.25) is 11.7 Å². The third-order valence-corrected chi connectivity index (χ3v) is 5.21. The van der Waals surface area contributed by atoms with E-state index in [1.54, 1.807) is 12.3 Å². The number of halogens is 1. The summed E-state index contributed by atoms with van der Waals surface area (Å²) in [6.07, 6.45) is 6.56. The third-order valence-electron chi connectivity index (χ3n) is 4.94. The number of unbranched alkanes of at least 4 members (excludes halogenated alkanes) is 1. The Hall–Kier alpha value is -3.26. The molecule has 4 aromatic rings. The number of hydrogen-bond donors (Lipinski definition) is 0. The van der Waals surface area contributed by atoms with Crippen LogP contribution in [0.15, 0.2) is 35.1 Å². The van der Waals surface area contributed by atoms with Crippen LogP contribution in [0.4, 0.5) is 0 Å². The lowest BCUT2D eigenvalue weighted by Gasteiger charge is -2.09. The third kappa shape index (κ3) is 4.65. The number of pyridine rings is 1. The van der Waals surface area contributed by atoms with E-state index in [4.69, 9.17) is 20.9 Å². The van der Waals surface area contributed by atoms with E-state index in [0.29, 0.717) is 41.1 Å². The van der Waals surface area contributed by atoms with Crippen molar-refractivity contribution in [2.24, 2.45) is 0 Å². The van der Waals surface area contributed by atoms with E-state index in [1.807, 2.05) is 36.9 Å². The van der Waals surface area contributed by atoms with Gasteiger partial charge in [-0.25, -0.2) is 4.98 Å². The fourth-order valence-electron chi connectivity index (χ4n) is 3.42. The molecule has 0 aliphatic carbocycles. The van der Waals surface area contributed by atoms with Crippen LogP contribution in [-0.2, 0) is 17.8 Å². The topological polar surface area (TPSA) is 95.9 Å². The minimum absolute atomic E-state index is 0.0300. The Morgan fingerprint density at radius 1 is 1.28 bits per heavy atom. The standard InChI is InChI=1S/C23H24ClN5O3/c1-4-15-11-20-17(13-29(27-20)7-5-6-8-30)9-18(15)21-26-22(32-28-21)16-10-19(24)23(25-12-16)31-14(2)3/h8-14H,4-7H2,1-3H3. The molecule has 0 radical (unpaired) electrons. The van der Waals surface area contributed by atoms with Crippen LogP contribution < -0.4 is 4.74 Å². The van der Waals surface area contributed by atoms with Crippen molar-refractivity contribution in [3.63, 3.8) is 0 Å². The summed E-state index contributed by atoms with van der Waals surface area (Å²) < 4.78 is 13.0. The van der Waals surface area contributed by atoms with Crippen molar-refractivity contribution in [1.29, 1.82) is 0 Å². The molecule has 0 aliphatic rings. The summed E-state index contributed by atoms with van der Waals surface area (Å²) in [5, 5.41) is 10.2. The van der Waals surface area contributed by atoms with Crippen LogP contribution in [0.3, 0.4) is 0 Å². The molecule has 3 heterocycles. The van der Waals surface area contributed by atoms with Crippen LogP contribution in [0.5, 0.6) is 5.88 Å². The minimum Gasteiger partial charge on any atom is -0.474 e. The molecule has 4 rings (SSSR count). The number of aryl methyl sites for hydroxylation is 2. The Morgan fingerprint density at radius 2 is 2.12 bits per heavy atom. The Labute approximate surface area is 190 Å². The van der Waals surface area contributed by atoms with Gasteiger partial charge in [-0.05, 0) is 50.5 Å². The Balaban J connectivity index is 1.64. The fourth-order valence-corrected chi connectivity index (χ4v) is 3.63. The van der Waals surface area contributed by atoms with E-state index < -0.39 is 0 Å². The van der Waals surface area contributed by atoms with Gasteiger partial charge >= 0.3 is 0 Å². The zero-order valence-electron chi connectivity index (χ0n) is 18.2. The summed E-state index contributed by atoms with van der Waals surface area (Å²) in [4.78, 5) is 19.4.